The maximum atomic E-state index is 5.84. The number of hydrogen-bond acceptors (Lipinski definition) is 1. The summed E-state index contributed by atoms with van der Waals surface area (Å²) < 4.78 is 2.31. The van der Waals surface area contributed by atoms with E-state index in [0.29, 0.717) is 12.1 Å². The first-order valence-electron chi connectivity index (χ1n) is 4.74. The molecule has 1 saturated carbocycles. The maximum absolute atomic E-state index is 5.84. The third-order valence-corrected chi connectivity index (χ3v) is 2.79. The van der Waals surface area contributed by atoms with E-state index in [4.69, 9.17) is 5.73 Å². The van der Waals surface area contributed by atoms with Gasteiger partial charge in [-0.05, 0) is 37.8 Å². The van der Waals surface area contributed by atoms with Gasteiger partial charge in [0.05, 0.1) is 0 Å². The van der Waals surface area contributed by atoms with E-state index in [1.54, 1.807) is 0 Å². The molecule has 66 valence electrons. The van der Waals surface area contributed by atoms with Gasteiger partial charge < -0.3 is 10.3 Å². The summed E-state index contributed by atoms with van der Waals surface area (Å²) in [6.45, 7) is 0. The van der Waals surface area contributed by atoms with Crippen LogP contribution in [0.15, 0.2) is 24.5 Å². The molecule has 0 bridgehead atoms. The molecule has 0 spiro atoms. The summed E-state index contributed by atoms with van der Waals surface area (Å²) in [4.78, 5) is 0. The van der Waals surface area contributed by atoms with Gasteiger partial charge in [0.15, 0.2) is 0 Å². The van der Waals surface area contributed by atoms with Gasteiger partial charge in [-0.15, -0.1) is 0 Å². The highest BCUT2D eigenvalue weighted by atomic mass is 15.0. The summed E-state index contributed by atoms with van der Waals surface area (Å²) in [6.07, 6.45) is 9.17. The minimum Gasteiger partial charge on any atom is -0.351 e. The third-order valence-electron chi connectivity index (χ3n) is 2.79. The monoisotopic (exact) mass is 164 g/mol. The molecule has 2 nitrogen and oxygen atoms in total. The van der Waals surface area contributed by atoms with Crippen LogP contribution in [0.1, 0.15) is 31.7 Å². The molecular formula is C10H16N2. The van der Waals surface area contributed by atoms with E-state index in [2.05, 4.69) is 29.1 Å². The van der Waals surface area contributed by atoms with E-state index in [0.717, 1.165) is 0 Å². The van der Waals surface area contributed by atoms with Gasteiger partial charge in [-0.25, -0.2) is 0 Å². The number of rotatable bonds is 1. The quantitative estimate of drug-likeness (QED) is 0.675. The molecule has 1 aromatic heterocycles. The van der Waals surface area contributed by atoms with Crippen molar-refractivity contribution in [3.05, 3.63) is 24.5 Å². The fraction of sp³-hybridized carbons (Fsp3) is 0.600. The van der Waals surface area contributed by atoms with Crippen LogP contribution >= 0.6 is 0 Å². The molecule has 1 aliphatic carbocycles. The summed E-state index contributed by atoms with van der Waals surface area (Å²) in [5.41, 5.74) is 5.84. The van der Waals surface area contributed by atoms with Gasteiger partial charge in [0.1, 0.15) is 0 Å². The van der Waals surface area contributed by atoms with Crippen molar-refractivity contribution < 1.29 is 0 Å². The average molecular weight is 164 g/mol. The lowest BCUT2D eigenvalue weighted by atomic mass is 9.92. The summed E-state index contributed by atoms with van der Waals surface area (Å²) in [5, 5.41) is 0. The molecule has 2 rings (SSSR count). The van der Waals surface area contributed by atoms with Gasteiger partial charge in [0.2, 0.25) is 0 Å². The Balaban J connectivity index is 1.99. The van der Waals surface area contributed by atoms with Crippen molar-refractivity contribution in [3.63, 3.8) is 0 Å². The van der Waals surface area contributed by atoms with Crippen LogP contribution in [0.25, 0.3) is 0 Å². The largest absolute Gasteiger partial charge is 0.351 e. The first-order valence-corrected chi connectivity index (χ1v) is 4.74. The van der Waals surface area contributed by atoms with Gasteiger partial charge in [-0.1, -0.05) is 0 Å². The summed E-state index contributed by atoms with van der Waals surface area (Å²) >= 11 is 0. The molecule has 0 radical (unpaired) electrons. The number of nitrogens with two attached hydrogens (primary N) is 1. The lowest BCUT2D eigenvalue weighted by Crippen LogP contribution is -2.27. The van der Waals surface area contributed by atoms with E-state index in [1.165, 1.54) is 25.7 Å². The Bertz CT molecular complexity index is 220. The van der Waals surface area contributed by atoms with Crippen LogP contribution in [0.4, 0.5) is 0 Å². The average Bonchev–Trinajstić information content (AvgIpc) is 2.58. The topological polar surface area (TPSA) is 30.9 Å². The zero-order chi connectivity index (χ0) is 8.39. The number of hydrogen-bond donors (Lipinski definition) is 1. The zero-order valence-corrected chi connectivity index (χ0v) is 7.32. The molecule has 2 heteroatoms. The lowest BCUT2D eigenvalue weighted by molar-refractivity contribution is 0.324. The second-order valence-corrected chi connectivity index (χ2v) is 3.70. The van der Waals surface area contributed by atoms with Crippen molar-refractivity contribution in [1.82, 2.24) is 4.57 Å². The third kappa shape index (κ3) is 1.53. The van der Waals surface area contributed by atoms with Crippen LogP contribution in [-0.4, -0.2) is 10.6 Å². The maximum Gasteiger partial charge on any atom is 0.0331 e. The Morgan fingerprint density at radius 2 is 1.58 bits per heavy atom. The second-order valence-electron chi connectivity index (χ2n) is 3.70. The SMILES string of the molecule is NC1CCC(n2cccc2)CC1. The van der Waals surface area contributed by atoms with Crippen molar-refractivity contribution in [3.8, 4) is 0 Å². The molecule has 1 aliphatic rings. The van der Waals surface area contributed by atoms with Crippen LogP contribution in [-0.2, 0) is 0 Å². The van der Waals surface area contributed by atoms with Crippen LogP contribution in [0.5, 0.6) is 0 Å². The molecule has 0 saturated heterocycles. The predicted molar refractivity (Wildman–Crippen MR) is 49.9 cm³/mol. The molecule has 12 heavy (non-hydrogen) atoms. The minimum atomic E-state index is 0.455. The Morgan fingerprint density at radius 3 is 2.17 bits per heavy atom. The van der Waals surface area contributed by atoms with Crippen LogP contribution in [0, 0.1) is 0 Å². The van der Waals surface area contributed by atoms with E-state index in [-0.39, 0.29) is 0 Å². The summed E-state index contributed by atoms with van der Waals surface area (Å²) in [6, 6.07) is 5.35. The number of nitrogens with zero attached hydrogens (tertiary/aromatic N) is 1. The smallest absolute Gasteiger partial charge is 0.0331 e. The van der Waals surface area contributed by atoms with Crippen molar-refractivity contribution in [2.24, 2.45) is 5.73 Å². The summed E-state index contributed by atoms with van der Waals surface area (Å²) in [5.74, 6) is 0. The van der Waals surface area contributed by atoms with Gasteiger partial charge >= 0.3 is 0 Å². The molecule has 1 fully saturated rings. The molecule has 1 aromatic rings. The Morgan fingerprint density at radius 1 is 1.00 bits per heavy atom. The van der Waals surface area contributed by atoms with Gasteiger partial charge in [-0.3, -0.25) is 0 Å². The standard InChI is InChI=1S/C10H16N2/c11-9-3-5-10(6-4-9)12-7-1-2-8-12/h1-2,7-10H,3-6,11H2. The van der Waals surface area contributed by atoms with E-state index in [9.17, 15) is 0 Å². The molecular weight excluding hydrogens is 148 g/mol. The van der Waals surface area contributed by atoms with Gasteiger partial charge in [0.25, 0.3) is 0 Å². The lowest BCUT2D eigenvalue weighted by Gasteiger charge is -2.27. The van der Waals surface area contributed by atoms with Crippen molar-refractivity contribution in [1.29, 1.82) is 0 Å². The second kappa shape index (κ2) is 3.31. The molecule has 2 N–H and O–H groups in total. The molecule has 0 aliphatic heterocycles. The van der Waals surface area contributed by atoms with Crippen LogP contribution in [0.3, 0.4) is 0 Å². The van der Waals surface area contributed by atoms with E-state index >= 15 is 0 Å². The summed E-state index contributed by atoms with van der Waals surface area (Å²) in [7, 11) is 0. The van der Waals surface area contributed by atoms with E-state index < -0.39 is 0 Å². The highest BCUT2D eigenvalue weighted by Gasteiger charge is 2.18. The molecule has 0 unspecified atom stereocenters. The Hall–Kier alpha value is -0.760. The number of aromatic nitrogens is 1. The Kier molecular flexibility index (Phi) is 2.17. The van der Waals surface area contributed by atoms with Crippen molar-refractivity contribution >= 4 is 0 Å². The molecule has 0 aromatic carbocycles. The van der Waals surface area contributed by atoms with Crippen molar-refractivity contribution in [2.45, 2.75) is 37.8 Å². The Labute approximate surface area is 73.4 Å². The fourth-order valence-corrected chi connectivity index (χ4v) is 1.99. The molecule has 1 heterocycles. The highest BCUT2D eigenvalue weighted by molar-refractivity contribution is 4.94. The first kappa shape index (κ1) is 7.87. The van der Waals surface area contributed by atoms with Crippen LogP contribution in [0.2, 0.25) is 0 Å². The van der Waals surface area contributed by atoms with Gasteiger partial charge in [0, 0.05) is 24.5 Å². The van der Waals surface area contributed by atoms with E-state index in [1.807, 2.05) is 0 Å². The molecule has 0 amide bonds. The fourth-order valence-electron chi connectivity index (χ4n) is 1.99. The molecule has 0 atom stereocenters. The minimum absolute atomic E-state index is 0.455. The zero-order valence-electron chi connectivity index (χ0n) is 7.32. The first-order chi connectivity index (χ1) is 5.86. The van der Waals surface area contributed by atoms with Gasteiger partial charge in [-0.2, -0.15) is 0 Å². The van der Waals surface area contributed by atoms with Crippen LogP contribution < -0.4 is 5.73 Å². The normalized spacial score (nSPS) is 30.4. The van der Waals surface area contributed by atoms with Crippen molar-refractivity contribution in [2.75, 3.05) is 0 Å². The highest BCUT2D eigenvalue weighted by Crippen LogP contribution is 2.27. The predicted octanol–water partition coefficient (Wildman–Crippen LogP) is 1.93.